The molecule has 0 amide bonds. The Morgan fingerprint density at radius 2 is 2.05 bits per heavy atom. The number of aromatic nitrogens is 2. The van der Waals surface area contributed by atoms with E-state index in [0.29, 0.717) is 18.2 Å². The number of anilines is 1. The number of nitrogens with one attached hydrogen (secondary N) is 2. The molecule has 6 nitrogen and oxygen atoms in total. The fourth-order valence-corrected chi connectivity index (χ4v) is 7.77. The lowest BCUT2D eigenvalue weighted by molar-refractivity contribution is -0.161. The second kappa shape index (κ2) is 8.76. The summed E-state index contributed by atoms with van der Waals surface area (Å²) in [6.07, 6.45) is 4.75. The monoisotopic (exact) mass is 561 g/mol. The molecule has 1 fully saturated rings. The molecule has 0 radical (unpaired) electrons. The predicted molar refractivity (Wildman–Crippen MR) is 150 cm³/mol. The smallest absolute Gasteiger partial charge is 0.311 e. The van der Waals surface area contributed by atoms with E-state index in [1.54, 1.807) is 0 Å². The number of ether oxygens (including phenoxy) is 1. The molecule has 1 saturated carbocycles. The van der Waals surface area contributed by atoms with Gasteiger partial charge >= 0.3 is 5.97 Å². The Kier molecular flexibility index (Phi) is 5.75. The molecule has 1 heterocycles. The van der Waals surface area contributed by atoms with Gasteiger partial charge < -0.3 is 20.1 Å². The number of carbonyl (C=O) groups excluding carboxylic acids is 1. The van der Waals surface area contributed by atoms with Crippen LogP contribution in [0.25, 0.3) is 21.8 Å². The molecule has 3 atom stereocenters. The quantitative estimate of drug-likeness (QED) is 0.234. The summed E-state index contributed by atoms with van der Waals surface area (Å²) in [7, 11) is 1.51. The summed E-state index contributed by atoms with van der Waals surface area (Å²) in [5.74, 6) is 1.11. The van der Waals surface area contributed by atoms with Gasteiger partial charge in [0.15, 0.2) is 0 Å². The van der Waals surface area contributed by atoms with Crippen LogP contribution in [0.2, 0.25) is 0 Å². The molecule has 2 aliphatic rings. The summed E-state index contributed by atoms with van der Waals surface area (Å²) in [4.78, 5) is 21.3. The SMILES string of the molecule is COC(=O)[C@]1(C)CCC[C@]2(C)c3cc(Br)c4nc(NCc5ccc6ccccc6c5O)[nH]c4c3CC[C@@H]12. The van der Waals surface area contributed by atoms with E-state index in [1.165, 1.54) is 18.2 Å². The summed E-state index contributed by atoms with van der Waals surface area (Å²) < 4.78 is 6.23. The summed E-state index contributed by atoms with van der Waals surface area (Å²) >= 11 is 3.79. The highest BCUT2D eigenvalue weighted by Gasteiger charge is 2.56. The predicted octanol–water partition coefficient (Wildman–Crippen LogP) is 6.98. The first-order valence-corrected chi connectivity index (χ1v) is 13.8. The number of phenolic OH excluding ortho intramolecular Hbond substituents is 1. The van der Waals surface area contributed by atoms with Gasteiger partial charge in [-0.15, -0.1) is 0 Å². The van der Waals surface area contributed by atoms with Gasteiger partial charge in [0, 0.05) is 22.0 Å². The van der Waals surface area contributed by atoms with Gasteiger partial charge in [0.1, 0.15) is 11.3 Å². The molecule has 6 rings (SSSR count). The zero-order valence-electron chi connectivity index (χ0n) is 21.5. The van der Waals surface area contributed by atoms with Crippen molar-refractivity contribution in [3.63, 3.8) is 0 Å². The number of esters is 1. The Bertz CT molecular complexity index is 1550. The highest BCUT2D eigenvalue weighted by Crippen LogP contribution is 2.58. The molecule has 0 saturated heterocycles. The number of H-pyrrole nitrogens is 1. The lowest BCUT2D eigenvalue weighted by Crippen LogP contribution is -2.52. The second-order valence-corrected chi connectivity index (χ2v) is 12.0. The van der Waals surface area contributed by atoms with E-state index in [9.17, 15) is 9.90 Å². The van der Waals surface area contributed by atoms with E-state index >= 15 is 0 Å². The van der Waals surface area contributed by atoms with Gasteiger partial charge in [0.2, 0.25) is 5.95 Å². The molecule has 4 aromatic rings. The number of fused-ring (bicyclic) bond motifs is 6. The van der Waals surface area contributed by atoms with Crippen LogP contribution in [-0.4, -0.2) is 28.2 Å². The van der Waals surface area contributed by atoms with Crippen molar-refractivity contribution in [1.82, 2.24) is 9.97 Å². The van der Waals surface area contributed by atoms with Crippen LogP contribution in [0.1, 0.15) is 56.2 Å². The molecule has 192 valence electrons. The highest BCUT2D eigenvalue weighted by atomic mass is 79.9. The number of carbonyl (C=O) groups is 1. The first-order chi connectivity index (χ1) is 17.8. The molecule has 0 aliphatic heterocycles. The lowest BCUT2D eigenvalue weighted by Gasteiger charge is -2.54. The third-order valence-electron chi connectivity index (χ3n) is 9.14. The largest absolute Gasteiger partial charge is 0.507 e. The molecule has 7 heteroatoms. The number of nitrogens with zero attached hydrogens (tertiary/aromatic N) is 1. The summed E-state index contributed by atoms with van der Waals surface area (Å²) in [6, 6.07) is 14.0. The number of halogens is 1. The minimum Gasteiger partial charge on any atom is -0.507 e. The van der Waals surface area contributed by atoms with Crippen molar-refractivity contribution in [1.29, 1.82) is 0 Å². The van der Waals surface area contributed by atoms with Crippen LogP contribution in [-0.2, 0) is 27.9 Å². The van der Waals surface area contributed by atoms with Gasteiger partial charge in [-0.2, -0.15) is 0 Å². The molecular formula is C30H32BrN3O3. The van der Waals surface area contributed by atoms with E-state index in [-0.39, 0.29) is 17.3 Å². The third-order valence-corrected chi connectivity index (χ3v) is 9.74. The number of aromatic hydroxyl groups is 1. The Balaban J connectivity index is 1.35. The van der Waals surface area contributed by atoms with E-state index in [0.717, 1.165) is 63.9 Å². The summed E-state index contributed by atoms with van der Waals surface area (Å²) in [6.45, 7) is 4.87. The van der Waals surface area contributed by atoms with Crippen molar-refractivity contribution in [2.75, 3.05) is 12.4 Å². The number of hydrogen-bond acceptors (Lipinski definition) is 5. The van der Waals surface area contributed by atoms with Gasteiger partial charge in [-0.3, -0.25) is 4.79 Å². The summed E-state index contributed by atoms with van der Waals surface area (Å²) in [5, 5.41) is 16.0. The Morgan fingerprint density at radius 3 is 2.86 bits per heavy atom. The summed E-state index contributed by atoms with van der Waals surface area (Å²) in [5.41, 5.74) is 4.78. The van der Waals surface area contributed by atoms with Crippen molar-refractivity contribution in [2.45, 2.75) is 57.9 Å². The van der Waals surface area contributed by atoms with Crippen LogP contribution >= 0.6 is 15.9 Å². The van der Waals surface area contributed by atoms with Crippen LogP contribution in [0.5, 0.6) is 5.75 Å². The molecule has 3 aromatic carbocycles. The number of aromatic amines is 1. The maximum absolute atomic E-state index is 12.9. The molecule has 2 aliphatic carbocycles. The fraction of sp³-hybridized carbons (Fsp3) is 0.400. The topological polar surface area (TPSA) is 87.2 Å². The van der Waals surface area contributed by atoms with Crippen LogP contribution in [0.3, 0.4) is 0 Å². The molecule has 0 bridgehead atoms. The molecule has 37 heavy (non-hydrogen) atoms. The fourth-order valence-electron chi connectivity index (χ4n) is 7.26. The van der Waals surface area contributed by atoms with Crippen molar-refractivity contribution in [3.05, 3.63) is 63.6 Å². The average Bonchev–Trinajstić information content (AvgIpc) is 3.33. The first kappa shape index (κ1) is 24.3. The van der Waals surface area contributed by atoms with Gasteiger partial charge in [0.25, 0.3) is 0 Å². The van der Waals surface area contributed by atoms with Gasteiger partial charge in [-0.1, -0.05) is 49.7 Å². The molecule has 0 spiro atoms. The maximum atomic E-state index is 12.9. The van der Waals surface area contributed by atoms with Crippen LogP contribution in [0.15, 0.2) is 46.9 Å². The minimum atomic E-state index is -0.469. The van der Waals surface area contributed by atoms with E-state index in [1.807, 2.05) is 36.4 Å². The third kappa shape index (κ3) is 3.65. The number of hydrogen-bond donors (Lipinski definition) is 3. The van der Waals surface area contributed by atoms with Crippen molar-refractivity contribution in [3.8, 4) is 5.75 Å². The Labute approximate surface area is 224 Å². The van der Waals surface area contributed by atoms with Crippen LogP contribution < -0.4 is 5.32 Å². The number of methoxy groups -OCH3 is 1. The van der Waals surface area contributed by atoms with E-state index in [2.05, 4.69) is 46.1 Å². The number of phenols is 1. The van der Waals surface area contributed by atoms with E-state index < -0.39 is 5.41 Å². The number of imidazole rings is 1. The minimum absolute atomic E-state index is 0.0861. The molecule has 1 aromatic heterocycles. The van der Waals surface area contributed by atoms with Gasteiger partial charge in [-0.25, -0.2) is 4.98 Å². The van der Waals surface area contributed by atoms with Gasteiger partial charge in [0.05, 0.1) is 18.0 Å². The zero-order valence-corrected chi connectivity index (χ0v) is 23.0. The Morgan fingerprint density at radius 1 is 1.24 bits per heavy atom. The van der Waals surface area contributed by atoms with Crippen molar-refractivity contribution in [2.24, 2.45) is 11.3 Å². The van der Waals surface area contributed by atoms with Gasteiger partial charge in [-0.05, 0) is 82.4 Å². The highest BCUT2D eigenvalue weighted by molar-refractivity contribution is 9.10. The molecular weight excluding hydrogens is 530 g/mol. The number of aryl methyl sites for hydroxylation is 1. The second-order valence-electron chi connectivity index (χ2n) is 11.1. The molecule has 3 N–H and O–H groups in total. The molecule has 0 unspecified atom stereocenters. The normalized spacial score (nSPS) is 25.0. The number of rotatable bonds is 4. The van der Waals surface area contributed by atoms with Crippen molar-refractivity contribution >= 4 is 49.7 Å². The van der Waals surface area contributed by atoms with Crippen LogP contribution in [0.4, 0.5) is 5.95 Å². The van der Waals surface area contributed by atoms with Crippen LogP contribution in [0, 0.1) is 11.3 Å². The number of benzene rings is 3. The Hall–Kier alpha value is -3.06. The van der Waals surface area contributed by atoms with E-state index in [4.69, 9.17) is 9.72 Å². The standard InChI is InChI=1S/C30H32BrN3O3/c1-29-13-6-14-30(2,27(36)37-3)23(29)12-11-20-21(29)15-22(31)25-24(20)33-28(34-25)32-16-18-10-9-17-7-4-5-8-19(17)26(18)35/h4-5,7-10,15,23,35H,6,11-14,16H2,1-3H3,(H2,32,33,34)/t23-,29-,30-/m1/s1. The lowest BCUT2D eigenvalue weighted by atomic mass is 9.50. The zero-order chi connectivity index (χ0) is 25.9. The average molecular weight is 563 g/mol. The first-order valence-electron chi connectivity index (χ1n) is 13.0. The van der Waals surface area contributed by atoms with Crippen molar-refractivity contribution < 1.29 is 14.6 Å². The maximum Gasteiger partial charge on any atom is 0.311 e.